The van der Waals surface area contributed by atoms with Crippen molar-refractivity contribution in [3.63, 3.8) is 0 Å². The fourth-order valence-electron chi connectivity index (χ4n) is 2.22. The van der Waals surface area contributed by atoms with Gasteiger partial charge in [0.05, 0.1) is 13.1 Å². The molecule has 2 amide bonds. The minimum Gasteiger partial charge on any atom is -0.353 e. The number of hydrogen-bond acceptors (Lipinski definition) is 3. The number of rotatable bonds is 9. The number of carbonyl (C=O) groups is 2. The molecule has 0 atom stereocenters. The summed E-state index contributed by atoms with van der Waals surface area (Å²) in [6.45, 7) is 11.0. The fourth-order valence-corrected chi connectivity index (χ4v) is 2.22. The Hall–Kier alpha value is -2.14. The molecule has 0 aliphatic rings. The Labute approximate surface area is 139 Å². The topological polar surface area (TPSA) is 52.7 Å². The third-order valence-corrected chi connectivity index (χ3v) is 3.30. The van der Waals surface area contributed by atoms with Crippen molar-refractivity contribution in [2.24, 2.45) is 0 Å². The molecule has 5 heteroatoms. The monoisotopic (exact) mass is 317 g/mol. The zero-order chi connectivity index (χ0) is 17.2. The molecule has 23 heavy (non-hydrogen) atoms. The van der Waals surface area contributed by atoms with Gasteiger partial charge in [-0.3, -0.25) is 14.5 Å². The van der Waals surface area contributed by atoms with Gasteiger partial charge in [-0.05, 0) is 32.5 Å². The van der Waals surface area contributed by atoms with Crippen LogP contribution in [0.25, 0.3) is 0 Å². The molecular formula is C18H27N3O2. The molecule has 0 spiro atoms. The zero-order valence-electron chi connectivity index (χ0n) is 14.3. The van der Waals surface area contributed by atoms with Gasteiger partial charge in [-0.25, -0.2) is 0 Å². The lowest BCUT2D eigenvalue weighted by Crippen LogP contribution is -2.45. The smallest absolute Gasteiger partial charge is 0.241 e. The van der Waals surface area contributed by atoms with Gasteiger partial charge in [0.15, 0.2) is 0 Å². The molecule has 0 unspecified atom stereocenters. The van der Waals surface area contributed by atoms with Crippen molar-refractivity contribution in [2.75, 3.05) is 31.1 Å². The molecule has 0 aliphatic carbocycles. The molecule has 1 N–H and O–H groups in total. The molecular weight excluding hydrogens is 290 g/mol. The highest BCUT2D eigenvalue weighted by Gasteiger charge is 2.19. The van der Waals surface area contributed by atoms with E-state index in [-0.39, 0.29) is 30.9 Å². The van der Waals surface area contributed by atoms with Crippen LogP contribution in [0.4, 0.5) is 5.69 Å². The first-order valence-corrected chi connectivity index (χ1v) is 7.96. The normalized spacial score (nSPS) is 10.7. The number of hydrogen-bond donors (Lipinski definition) is 1. The summed E-state index contributed by atoms with van der Waals surface area (Å²) in [5, 5.41) is 2.85. The molecule has 126 valence electrons. The third kappa shape index (κ3) is 6.65. The van der Waals surface area contributed by atoms with Crippen molar-refractivity contribution in [1.82, 2.24) is 10.2 Å². The highest BCUT2D eigenvalue weighted by molar-refractivity contribution is 5.95. The van der Waals surface area contributed by atoms with Gasteiger partial charge in [-0.1, -0.05) is 31.2 Å². The first kappa shape index (κ1) is 18.9. The van der Waals surface area contributed by atoms with Crippen molar-refractivity contribution < 1.29 is 9.59 Å². The lowest BCUT2D eigenvalue weighted by atomic mass is 10.2. The second kappa shape index (κ2) is 9.79. The number of para-hydroxylation sites is 1. The predicted molar refractivity (Wildman–Crippen MR) is 94.4 cm³/mol. The Morgan fingerprint density at radius 2 is 1.87 bits per heavy atom. The Balaban J connectivity index is 2.72. The minimum atomic E-state index is -0.0652. The molecule has 5 nitrogen and oxygen atoms in total. The summed E-state index contributed by atoms with van der Waals surface area (Å²) < 4.78 is 0. The number of carbonyl (C=O) groups excluding carboxylic acids is 2. The maximum absolute atomic E-state index is 12.6. The summed E-state index contributed by atoms with van der Waals surface area (Å²) in [4.78, 5) is 28.0. The Morgan fingerprint density at radius 1 is 1.22 bits per heavy atom. The van der Waals surface area contributed by atoms with Gasteiger partial charge in [-0.2, -0.15) is 0 Å². The summed E-state index contributed by atoms with van der Waals surface area (Å²) in [7, 11) is 0. The van der Waals surface area contributed by atoms with Crippen LogP contribution in [0.5, 0.6) is 0 Å². The maximum atomic E-state index is 12.6. The van der Waals surface area contributed by atoms with E-state index in [4.69, 9.17) is 0 Å². The van der Waals surface area contributed by atoms with E-state index in [0.29, 0.717) is 13.1 Å². The van der Waals surface area contributed by atoms with E-state index in [1.807, 2.05) is 56.0 Å². The number of benzene rings is 1. The number of anilines is 1. The van der Waals surface area contributed by atoms with Crippen LogP contribution in [0.15, 0.2) is 43.0 Å². The van der Waals surface area contributed by atoms with E-state index in [1.54, 1.807) is 11.0 Å². The van der Waals surface area contributed by atoms with Crippen molar-refractivity contribution in [3.05, 3.63) is 43.0 Å². The second-order valence-corrected chi connectivity index (χ2v) is 5.65. The van der Waals surface area contributed by atoms with Crippen LogP contribution in [0.1, 0.15) is 20.8 Å². The molecule has 0 aromatic heterocycles. The largest absolute Gasteiger partial charge is 0.353 e. The fraction of sp³-hybridized carbons (Fsp3) is 0.444. The lowest BCUT2D eigenvalue weighted by molar-refractivity contribution is -0.124. The molecule has 0 heterocycles. The van der Waals surface area contributed by atoms with Crippen LogP contribution in [-0.2, 0) is 9.59 Å². The Morgan fingerprint density at radius 3 is 2.39 bits per heavy atom. The van der Waals surface area contributed by atoms with Gasteiger partial charge >= 0.3 is 0 Å². The van der Waals surface area contributed by atoms with Crippen LogP contribution < -0.4 is 10.2 Å². The van der Waals surface area contributed by atoms with Gasteiger partial charge in [0.2, 0.25) is 11.8 Å². The van der Waals surface area contributed by atoms with Gasteiger partial charge in [0.1, 0.15) is 0 Å². The third-order valence-electron chi connectivity index (χ3n) is 3.30. The second-order valence-electron chi connectivity index (χ2n) is 5.65. The SMILES string of the molecule is C=CCN(C(=O)CN(CC)CC(=O)NC(C)C)c1ccccc1. The summed E-state index contributed by atoms with van der Waals surface area (Å²) in [5.74, 6) is -0.111. The molecule has 0 aliphatic heterocycles. The summed E-state index contributed by atoms with van der Waals surface area (Å²) in [5.41, 5.74) is 0.833. The van der Waals surface area contributed by atoms with E-state index >= 15 is 0 Å². The number of amides is 2. The standard InChI is InChI=1S/C18H27N3O2/c1-5-12-21(16-10-8-7-9-11-16)18(23)14-20(6-2)13-17(22)19-15(3)4/h5,7-11,15H,1,6,12-14H2,2-4H3,(H,19,22). The van der Waals surface area contributed by atoms with E-state index < -0.39 is 0 Å². The van der Waals surface area contributed by atoms with E-state index in [2.05, 4.69) is 11.9 Å². The van der Waals surface area contributed by atoms with Crippen molar-refractivity contribution in [2.45, 2.75) is 26.8 Å². The lowest BCUT2D eigenvalue weighted by Gasteiger charge is -2.26. The van der Waals surface area contributed by atoms with Crippen LogP contribution in [0, 0.1) is 0 Å². The van der Waals surface area contributed by atoms with Crippen LogP contribution in [0.2, 0.25) is 0 Å². The predicted octanol–water partition coefficient (Wildman–Crippen LogP) is 2.05. The van der Waals surface area contributed by atoms with Crippen LogP contribution in [-0.4, -0.2) is 48.9 Å². The molecule has 1 aromatic carbocycles. The van der Waals surface area contributed by atoms with Gasteiger partial charge in [0, 0.05) is 18.3 Å². The summed E-state index contributed by atoms with van der Waals surface area (Å²) in [6.07, 6.45) is 1.70. The number of likely N-dealkylation sites (N-methyl/N-ethyl adjacent to an activating group) is 1. The molecule has 0 radical (unpaired) electrons. The maximum Gasteiger partial charge on any atom is 0.241 e. The average Bonchev–Trinajstić information content (AvgIpc) is 2.51. The first-order valence-electron chi connectivity index (χ1n) is 7.96. The van der Waals surface area contributed by atoms with Gasteiger partial charge in [-0.15, -0.1) is 6.58 Å². The molecule has 0 saturated heterocycles. The molecule has 1 aromatic rings. The highest BCUT2D eigenvalue weighted by Crippen LogP contribution is 2.13. The number of nitrogens with zero attached hydrogens (tertiary/aromatic N) is 2. The van der Waals surface area contributed by atoms with Crippen molar-refractivity contribution >= 4 is 17.5 Å². The van der Waals surface area contributed by atoms with Crippen LogP contribution in [0.3, 0.4) is 0 Å². The van der Waals surface area contributed by atoms with Crippen molar-refractivity contribution in [1.29, 1.82) is 0 Å². The summed E-state index contributed by atoms with van der Waals surface area (Å²) in [6, 6.07) is 9.58. The van der Waals surface area contributed by atoms with E-state index in [9.17, 15) is 9.59 Å². The summed E-state index contributed by atoms with van der Waals surface area (Å²) >= 11 is 0. The van der Waals surface area contributed by atoms with E-state index in [1.165, 1.54) is 0 Å². The average molecular weight is 317 g/mol. The molecule has 1 rings (SSSR count). The van der Waals surface area contributed by atoms with Crippen molar-refractivity contribution in [3.8, 4) is 0 Å². The Kier molecular flexibility index (Phi) is 8.05. The zero-order valence-corrected chi connectivity index (χ0v) is 14.3. The van der Waals surface area contributed by atoms with Crippen LogP contribution >= 0.6 is 0 Å². The molecule has 0 saturated carbocycles. The number of nitrogens with one attached hydrogen (secondary N) is 1. The highest BCUT2D eigenvalue weighted by atomic mass is 16.2. The quantitative estimate of drug-likeness (QED) is 0.709. The molecule has 0 bridgehead atoms. The first-order chi connectivity index (χ1) is 11.0. The minimum absolute atomic E-state index is 0.0460. The molecule has 0 fully saturated rings. The van der Waals surface area contributed by atoms with Gasteiger partial charge in [0.25, 0.3) is 0 Å². The van der Waals surface area contributed by atoms with E-state index in [0.717, 1.165) is 5.69 Å². The Bertz CT molecular complexity index is 514. The van der Waals surface area contributed by atoms with Gasteiger partial charge < -0.3 is 10.2 Å².